The molecule has 0 rings (SSSR count). The summed E-state index contributed by atoms with van der Waals surface area (Å²) in [5, 5.41) is 0.0470. The van der Waals surface area contributed by atoms with Crippen molar-refractivity contribution in [3.63, 3.8) is 0 Å². The molecule has 0 aliphatic heterocycles. The number of hydrogen-bond donors (Lipinski definition) is 0. The average molecular weight is 726 g/mol. The van der Waals surface area contributed by atoms with E-state index >= 15 is 0 Å². The molecule has 1 nitrogen and oxygen atoms in total. The van der Waals surface area contributed by atoms with Crippen molar-refractivity contribution in [3.05, 3.63) is 37.0 Å². The van der Waals surface area contributed by atoms with E-state index in [0.717, 1.165) is 25.7 Å². The van der Waals surface area contributed by atoms with Gasteiger partial charge in [0.15, 0.2) is 0 Å². The smallest absolute Gasteiger partial charge is 0.789 e. The van der Waals surface area contributed by atoms with Crippen molar-refractivity contribution in [2.24, 2.45) is 17.8 Å². The summed E-state index contributed by atoms with van der Waals surface area (Å²) in [4.78, 5) is 11.5. The Hall–Kier alpha value is 0.410. The van der Waals surface area contributed by atoms with Crippen LogP contribution in [0.5, 0.6) is 0 Å². The van der Waals surface area contributed by atoms with Gasteiger partial charge in [-0.05, 0) is 93.9 Å². The van der Waals surface area contributed by atoms with E-state index in [4.69, 9.17) is 12.6 Å². The first-order valence-corrected chi connectivity index (χ1v) is 16.8. The van der Waals surface area contributed by atoms with E-state index in [9.17, 15) is 4.79 Å². The number of hydrogen-bond acceptors (Lipinski definition) is 2. The van der Waals surface area contributed by atoms with Crippen LogP contribution < -0.4 is 0 Å². The van der Waals surface area contributed by atoms with Gasteiger partial charge in [-0.25, -0.2) is 0 Å². The van der Waals surface area contributed by atoms with Gasteiger partial charge in [0.2, 0.25) is 0 Å². The molecule has 0 amide bonds. The maximum atomic E-state index is 11.5. The van der Waals surface area contributed by atoms with Crippen LogP contribution in [0, 0.1) is 17.8 Å². The van der Waals surface area contributed by atoms with Crippen molar-refractivity contribution in [2.75, 3.05) is 18.5 Å². The van der Waals surface area contributed by atoms with Crippen molar-refractivity contribution < 1.29 is 27.2 Å². The van der Waals surface area contributed by atoms with Crippen LogP contribution in [-0.2, 0) is 39.8 Å². The Morgan fingerprint density at radius 2 is 1.25 bits per heavy atom. The normalized spacial score (nSPS) is 13.0. The zero-order valence-electron chi connectivity index (χ0n) is 26.2. The molecule has 0 aromatic carbocycles. The van der Waals surface area contributed by atoms with Gasteiger partial charge in [-0.1, -0.05) is 70.1 Å². The van der Waals surface area contributed by atoms with E-state index in [1.165, 1.54) is 42.5 Å². The second kappa shape index (κ2) is 33.4. The Morgan fingerprint density at radius 1 is 0.833 bits per heavy atom. The van der Waals surface area contributed by atoms with Crippen molar-refractivity contribution in [1.29, 1.82) is 0 Å². The van der Waals surface area contributed by atoms with E-state index in [2.05, 4.69) is 82.1 Å². The molecule has 0 bridgehead atoms. The van der Waals surface area contributed by atoms with Crippen LogP contribution in [0.1, 0.15) is 121 Å². The van der Waals surface area contributed by atoms with Crippen molar-refractivity contribution in [2.45, 2.75) is 126 Å². The minimum Gasteiger partial charge on any atom is -0.789 e. The third-order valence-electron chi connectivity index (χ3n) is 6.14. The van der Waals surface area contributed by atoms with Crippen LogP contribution in [0.2, 0.25) is 0 Å². The average Bonchev–Trinajstić information content (AvgIpc) is 2.76. The number of Topliss-reactive ketones (excluding diaryl/α,β-unsaturated/α-hetero) is 1. The number of carbonyl (C=O) groups excluding carboxylic acids is 1. The van der Waals surface area contributed by atoms with Crippen LogP contribution in [0.15, 0.2) is 37.0 Å². The molecule has 0 aromatic rings. The molecule has 4 atom stereocenters. The number of rotatable bonds is 15. The topological polar surface area (TPSA) is 17.1 Å². The minimum atomic E-state index is 0. The fourth-order valence-electron chi connectivity index (χ4n) is 4.25. The molecular formula is C32H65AuOPS+. The fraction of sp³-hybridized carbons (Fsp3) is 0.781. The van der Waals surface area contributed by atoms with Crippen molar-refractivity contribution in [1.82, 2.24) is 0 Å². The van der Waals surface area contributed by atoms with Gasteiger partial charge in [-0.2, -0.15) is 5.25 Å². The molecule has 0 spiro atoms. The van der Waals surface area contributed by atoms with Gasteiger partial charge in [0.25, 0.3) is 0 Å². The van der Waals surface area contributed by atoms with Gasteiger partial charge in [0.1, 0.15) is 5.78 Å². The van der Waals surface area contributed by atoms with Crippen LogP contribution in [0.3, 0.4) is 0 Å². The summed E-state index contributed by atoms with van der Waals surface area (Å²) in [6, 6.07) is 0. The molecule has 4 heteroatoms. The molecule has 36 heavy (non-hydrogen) atoms. The zero-order valence-corrected chi connectivity index (χ0v) is 30.2. The summed E-state index contributed by atoms with van der Waals surface area (Å²) in [6.07, 6.45) is 13.4. The predicted octanol–water partition coefficient (Wildman–Crippen LogP) is 10.7. The standard InChI is InChI=1S/C20H36OS.C6H15P.C3H8.C3H6.Au/c1-8-17(11-10-14(3)4)19(12-15(5)6)18(9-2)20(22)13-16(7)21;1-4-7(5-2)6-3;2*1-3-2;/h17-20,22H,3,5,8-13H2,1-2,4,6-7H3;4-6H2,1-3H3;3H2,1-2H3;3H,1H2,2H3;/q;;;;+1. The quantitative estimate of drug-likeness (QED) is 0.0724. The van der Waals surface area contributed by atoms with Crippen LogP contribution >= 0.6 is 7.92 Å². The summed E-state index contributed by atoms with van der Waals surface area (Å²) in [6.45, 7) is 34.9. The van der Waals surface area contributed by atoms with Gasteiger partial charge < -0.3 is 17.4 Å². The molecule has 0 heterocycles. The first-order chi connectivity index (χ1) is 16.4. The first-order valence-electron chi connectivity index (χ1n) is 14.2. The van der Waals surface area contributed by atoms with Crippen LogP contribution in [0.25, 0.3) is 0 Å². The van der Waals surface area contributed by atoms with Gasteiger partial charge in [0, 0.05) is 0 Å². The minimum absolute atomic E-state index is 0. The van der Waals surface area contributed by atoms with Gasteiger partial charge >= 0.3 is 22.4 Å². The Bertz CT molecular complexity index is 511. The van der Waals surface area contributed by atoms with Gasteiger partial charge in [0.05, 0.1) is 18.5 Å². The van der Waals surface area contributed by atoms with Crippen molar-refractivity contribution in [3.8, 4) is 0 Å². The molecular weight excluding hydrogens is 660 g/mol. The SMILES string of the molecule is C=C(C)CCC(CC)C(CC(=C)C)C(CC)C([S-])CC(C)=O.C=CC.CCC.CC[PH+](CC)CC.[Au+]. The van der Waals surface area contributed by atoms with E-state index < -0.39 is 0 Å². The fourth-order valence-corrected chi connectivity index (χ4v) is 6.38. The summed E-state index contributed by atoms with van der Waals surface area (Å²) >= 11 is 5.70. The molecule has 0 radical (unpaired) electrons. The predicted molar refractivity (Wildman–Crippen MR) is 173 cm³/mol. The second-order valence-electron chi connectivity index (χ2n) is 9.93. The van der Waals surface area contributed by atoms with E-state index in [0.29, 0.717) is 24.2 Å². The monoisotopic (exact) mass is 725 g/mol. The summed E-state index contributed by atoms with van der Waals surface area (Å²) in [5.74, 6) is 1.80. The van der Waals surface area contributed by atoms with E-state index in [-0.39, 0.29) is 41.3 Å². The summed E-state index contributed by atoms with van der Waals surface area (Å²) in [5.41, 5.74) is 2.47. The molecule has 0 saturated carbocycles. The van der Waals surface area contributed by atoms with Crippen molar-refractivity contribution >= 4 is 26.3 Å². The maximum Gasteiger partial charge on any atom is 1.00 e. The summed E-state index contributed by atoms with van der Waals surface area (Å²) < 4.78 is 0. The van der Waals surface area contributed by atoms with Gasteiger partial charge in [-0.3, -0.25) is 0 Å². The Kier molecular flexibility index (Phi) is 43.0. The molecule has 0 aliphatic rings. The Balaban J connectivity index is -0.000000189. The Morgan fingerprint density at radius 3 is 1.47 bits per heavy atom. The molecule has 0 N–H and O–H groups in total. The van der Waals surface area contributed by atoms with Crippen LogP contribution in [-0.4, -0.2) is 29.5 Å². The summed E-state index contributed by atoms with van der Waals surface area (Å²) in [7, 11) is 0.137. The largest absolute Gasteiger partial charge is 1.00 e. The molecule has 0 aliphatic carbocycles. The third kappa shape index (κ3) is 30.6. The number of allylic oxidation sites excluding steroid dienone is 3. The first kappa shape index (κ1) is 46.3. The van der Waals surface area contributed by atoms with Gasteiger partial charge in [-0.15, -0.1) is 19.7 Å². The number of carbonyl (C=O) groups is 1. The number of ketones is 1. The molecule has 0 aromatic heterocycles. The maximum absolute atomic E-state index is 11.5. The Labute approximate surface area is 251 Å². The molecule has 0 fully saturated rings. The van der Waals surface area contributed by atoms with Crippen LogP contribution in [0.4, 0.5) is 0 Å². The zero-order chi connectivity index (χ0) is 28.4. The third-order valence-corrected chi connectivity index (χ3v) is 9.66. The van der Waals surface area contributed by atoms with E-state index in [1.54, 1.807) is 13.0 Å². The second-order valence-corrected chi connectivity index (χ2v) is 14.2. The molecule has 0 saturated heterocycles. The molecule has 220 valence electrons. The molecule has 4 unspecified atom stereocenters. The van der Waals surface area contributed by atoms with E-state index in [1.807, 2.05) is 6.92 Å².